The van der Waals surface area contributed by atoms with Crippen LogP contribution in [0.25, 0.3) is 0 Å². The largest absolute Gasteiger partial charge is 0.480 e. The average molecular weight is 463 g/mol. The first kappa shape index (κ1) is 22.9. The van der Waals surface area contributed by atoms with E-state index in [1.807, 2.05) is 42.2 Å². The molecule has 2 atom stereocenters. The molecule has 0 radical (unpaired) electrons. The van der Waals surface area contributed by atoms with Crippen LogP contribution in [0.3, 0.4) is 0 Å². The highest BCUT2D eigenvalue weighted by atomic mass is 35.5. The summed E-state index contributed by atoms with van der Waals surface area (Å²) in [4.78, 5) is 28.1. The number of rotatable bonds is 6. The van der Waals surface area contributed by atoms with Crippen LogP contribution in [-0.4, -0.2) is 22.8 Å². The standard InChI is InChI=1S/C27H27ClN2O3/c1-3-23(18-10-6-5-7-11-18)30-17-19-16-20(14-15-25(19)33-24(4-2)27(30)32)29-26(31)21-12-8-9-13-22(21)28/h5-16,23-24H,3-4,17H2,1-2H3,(H,29,31). The Hall–Kier alpha value is -3.31. The molecule has 0 saturated carbocycles. The molecule has 0 fully saturated rings. The molecule has 0 bridgehead atoms. The molecule has 1 N–H and O–H groups in total. The third-order valence-electron chi connectivity index (χ3n) is 5.92. The first-order chi connectivity index (χ1) is 16.0. The van der Waals surface area contributed by atoms with Crippen molar-refractivity contribution in [3.8, 4) is 5.75 Å². The van der Waals surface area contributed by atoms with Crippen LogP contribution in [0, 0.1) is 0 Å². The number of halogens is 1. The van der Waals surface area contributed by atoms with Crippen molar-refractivity contribution in [3.05, 3.63) is 94.5 Å². The fourth-order valence-electron chi connectivity index (χ4n) is 4.22. The molecule has 0 aromatic heterocycles. The lowest BCUT2D eigenvalue weighted by atomic mass is 10.0. The first-order valence-corrected chi connectivity index (χ1v) is 11.6. The zero-order valence-corrected chi connectivity index (χ0v) is 19.5. The fraction of sp³-hybridized carbons (Fsp3) is 0.259. The summed E-state index contributed by atoms with van der Waals surface area (Å²) in [6.07, 6.45) is 0.808. The second-order valence-electron chi connectivity index (χ2n) is 8.07. The number of amides is 2. The van der Waals surface area contributed by atoms with Gasteiger partial charge in [-0.05, 0) is 48.7 Å². The average Bonchev–Trinajstić information content (AvgIpc) is 2.97. The van der Waals surface area contributed by atoms with Gasteiger partial charge in [-0.1, -0.05) is 67.9 Å². The summed E-state index contributed by atoms with van der Waals surface area (Å²) in [5.74, 6) is 0.354. The zero-order valence-electron chi connectivity index (χ0n) is 18.8. The molecular formula is C27H27ClN2O3. The van der Waals surface area contributed by atoms with E-state index in [2.05, 4.69) is 24.4 Å². The van der Waals surface area contributed by atoms with Crippen molar-refractivity contribution in [2.24, 2.45) is 0 Å². The van der Waals surface area contributed by atoms with Crippen molar-refractivity contribution in [1.82, 2.24) is 4.90 Å². The minimum absolute atomic E-state index is 0.0222. The lowest BCUT2D eigenvalue weighted by molar-refractivity contribution is -0.141. The summed E-state index contributed by atoms with van der Waals surface area (Å²) < 4.78 is 6.12. The number of ether oxygens (including phenoxy) is 1. The van der Waals surface area contributed by atoms with Gasteiger partial charge in [0.1, 0.15) is 5.75 Å². The lowest BCUT2D eigenvalue weighted by Gasteiger charge is -2.32. The number of nitrogens with one attached hydrogen (secondary N) is 1. The molecule has 0 aliphatic carbocycles. The highest BCUT2D eigenvalue weighted by Gasteiger charge is 2.34. The van der Waals surface area contributed by atoms with Crippen molar-refractivity contribution in [2.75, 3.05) is 5.32 Å². The fourth-order valence-corrected chi connectivity index (χ4v) is 4.44. The molecule has 2 amide bonds. The van der Waals surface area contributed by atoms with Crippen molar-refractivity contribution in [3.63, 3.8) is 0 Å². The van der Waals surface area contributed by atoms with Crippen molar-refractivity contribution in [2.45, 2.75) is 45.4 Å². The Bertz CT molecular complexity index is 1150. The van der Waals surface area contributed by atoms with Gasteiger partial charge in [-0.3, -0.25) is 9.59 Å². The molecule has 1 aliphatic heterocycles. The van der Waals surface area contributed by atoms with Gasteiger partial charge in [-0.15, -0.1) is 0 Å². The van der Waals surface area contributed by atoms with Gasteiger partial charge < -0.3 is 15.0 Å². The van der Waals surface area contributed by atoms with Crippen LogP contribution in [0.15, 0.2) is 72.8 Å². The predicted molar refractivity (Wildman–Crippen MR) is 131 cm³/mol. The summed E-state index contributed by atoms with van der Waals surface area (Å²) in [5, 5.41) is 3.31. The minimum Gasteiger partial charge on any atom is -0.480 e. The van der Waals surface area contributed by atoms with Crippen molar-refractivity contribution >= 4 is 29.1 Å². The number of nitrogens with zero attached hydrogens (tertiary/aromatic N) is 1. The molecule has 0 spiro atoms. The number of benzene rings is 3. The van der Waals surface area contributed by atoms with Gasteiger partial charge in [0, 0.05) is 11.3 Å². The van der Waals surface area contributed by atoms with Gasteiger partial charge >= 0.3 is 0 Å². The van der Waals surface area contributed by atoms with Crippen LogP contribution >= 0.6 is 11.6 Å². The molecule has 33 heavy (non-hydrogen) atoms. The number of anilines is 1. The predicted octanol–water partition coefficient (Wildman–Crippen LogP) is 6.24. The van der Waals surface area contributed by atoms with Crippen LogP contribution < -0.4 is 10.1 Å². The monoisotopic (exact) mass is 462 g/mol. The van der Waals surface area contributed by atoms with Crippen molar-refractivity contribution in [1.29, 1.82) is 0 Å². The van der Waals surface area contributed by atoms with E-state index in [0.29, 0.717) is 35.0 Å². The number of hydrogen-bond donors (Lipinski definition) is 1. The first-order valence-electron chi connectivity index (χ1n) is 11.2. The molecule has 170 valence electrons. The third kappa shape index (κ3) is 4.88. The van der Waals surface area contributed by atoms with Crippen LogP contribution in [0.1, 0.15) is 54.2 Å². The molecular weight excluding hydrogens is 436 g/mol. The van der Waals surface area contributed by atoms with E-state index in [4.69, 9.17) is 16.3 Å². The van der Waals surface area contributed by atoms with E-state index >= 15 is 0 Å². The second-order valence-corrected chi connectivity index (χ2v) is 8.48. The van der Waals surface area contributed by atoms with Crippen LogP contribution in [0.4, 0.5) is 5.69 Å². The smallest absolute Gasteiger partial charge is 0.264 e. The normalized spacial score (nSPS) is 16.4. The summed E-state index contributed by atoms with van der Waals surface area (Å²) >= 11 is 6.17. The summed E-state index contributed by atoms with van der Waals surface area (Å²) in [6.45, 7) is 4.43. The SMILES string of the molecule is CCC1Oc2ccc(NC(=O)c3ccccc3Cl)cc2CN(C(CC)c2ccccc2)C1=O. The quantitative estimate of drug-likeness (QED) is 0.471. The number of fused-ring (bicyclic) bond motifs is 1. The van der Waals surface area contributed by atoms with Crippen LogP contribution in [0.2, 0.25) is 5.02 Å². The maximum Gasteiger partial charge on any atom is 0.264 e. The number of carbonyl (C=O) groups excluding carboxylic acids is 2. The Kier molecular flexibility index (Phi) is 6.99. The zero-order chi connectivity index (χ0) is 23.4. The molecule has 5 nitrogen and oxygen atoms in total. The highest BCUT2D eigenvalue weighted by molar-refractivity contribution is 6.34. The van der Waals surface area contributed by atoms with Gasteiger partial charge in [0.05, 0.1) is 23.2 Å². The van der Waals surface area contributed by atoms with Crippen molar-refractivity contribution < 1.29 is 14.3 Å². The number of carbonyl (C=O) groups is 2. The van der Waals surface area contributed by atoms with E-state index in [9.17, 15) is 9.59 Å². The Balaban J connectivity index is 1.66. The van der Waals surface area contributed by atoms with E-state index in [-0.39, 0.29) is 17.9 Å². The lowest BCUT2D eigenvalue weighted by Crippen LogP contribution is -2.41. The van der Waals surface area contributed by atoms with E-state index < -0.39 is 6.10 Å². The molecule has 4 rings (SSSR count). The maximum atomic E-state index is 13.4. The second kappa shape index (κ2) is 10.1. The maximum absolute atomic E-state index is 13.4. The number of hydrogen-bond acceptors (Lipinski definition) is 3. The molecule has 2 unspecified atom stereocenters. The van der Waals surface area contributed by atoms with E-state index in [0.717, 1.165) is 17.5 Å². The summed E-state index contributed by atoms with van der Waals surface area (Å²) in [7, 11) is 0. The van der Waals surface area contributed by atoms with Gasteiger partial charge in [0.25, 0.3) is 11.8 Å². The molecule has 1 aliphatic rings. The Morgan fingerprint density at radius 1 is 1.09 bits per heavy atom. The van der Waals surface area contributed by atoms with Gasteiger partial charge in [0.2, 0.25) is 0 Å². The van der Waals surface area contributed by atoms with Gasteiger partial charge in [-0.25, -0.2) is 0 Å². The Labute approximate surface area is 199 Å². The molecule has 6 heteroatoms. The molecule has 3 aromatic carbocycles. The molecule has 0 saturated heterocycles. The highest BCUT2D eigenvalue weighted by Crippen LogP contribution is 2.35. The Morgan fingerprint density at radius 2 is 1.82 bits per heavy atom. The third-order valence-corrected chi connectivity index (χ3v) is 6.25. The van der Waals surface area contributed by atoms with Gasteiger partial charge in [-0.2, -0.15) is 0 Å². The van der Waals surface area contributed by atoms with Crippen LogP contribution in [-0.2, 0) is 11.3 Å². The Morgan fingerprint density at radius 3 is 2.52 bits per heavy atom. The van der Waals surface area contributed by atoms with Gasteiger partial charge in [0.15, 0.2) is 6.10 Å². The summed E-state index contributed by atoms with van der Waals surface area (Å²) in [5.41, 5.74) is 2.97. The molecule has 1 heterocycles. The minimum atomic E-state index is -0.549. The van der Waals surface area contributed by atoms with Crippen LogP contribution in [0.5, 0.6) is 5.75 Å². The topological polar surface area (TPSA) is 58.6 Å². The van der Waals surface area contributed by atoms with E-state index in [1.54, 1.807) is 30.3 Å². The summed E-state index contributed by atoms with van der Waals surface area (Å²) in [6, 6.07) is 22.4. The van der Waals surface area contributed by atoms with E-state index in [1.165, 1.54) is 0 Å². The molecule has 3 aromatic rings.